The van der Waals surface area contributed by atoms with E-state index in [-0.39, 0.29) is 5.75 Å². The highest BCUT2D eigenvalue weighted by atomic mass is 16.3. The molecule has 2 rings (SSSR count). The molecular weight excluding hydrogens is 204 g/mol. The van der Waals surface area contributed by atoms with Crippen molar-refractivity contribution >= 4 is 5.69 Å². The standard InChI is InChI=1S/C11H12N4O/c1-8-2-3-11(16)10(15-8)6-14-9-4-12-7-13-5-9/h2-5,7,14,16H,6H2,1H3. The molecule has 2 aromatic rings. The molecule has 0 atom stereocenters. The van der Waals surface area contributed by atoms with Crippen LogP contribution in [0.25, 0.3) is 0 Å². The molecule has 16 heavy (non-hydrogen) atoms. The summed E-state index contributed by atoms with van der Waals surface area (Å²) < 4.78 is 0. The number of nitrogens with one attached hydrogen (secondary N) is 1. The Balaban J connectivity index is 2.08. The van der Waals surface area contributed by atoms with Gasteiger partial charge in [-0.2, -0.15) is 0 Å². The minimum Gasteiger partial charge on any atom is -0.506 e. The number of pyridine rings is 1. The molecule has 0 aromatic carbocycles. The van der Waals surface area contributed by atoms with E-state index in [0.717, 1.165) is 11.4 Å². The number of aromatic hydroxyl groups is 1. The molecule has 5 nitrogen and oxygen atoms in total. The number of anilines is 1. The monoisotopic (exact) mass is 216 g/mol. The van der Waals surface area contributed by atoms with Gasteiger partial charge >= 0.3 is 0 Å². The van der Waals surface area contributed by atoms with Gasteiger partial charge in [0.05, 0.1) is 24.6 Å². The van der Waals surface area contributed by atoms with Crippen LogP contribution in [0.15, 0.2) is 30.9 Å². The summed E-state index contributed by atoms with van der Waals surface area (Å²) in [6, 6.07) is 3.41. The Hall–Kier alpha value is -2.17. The van der Waals surface area contributed by atoms with Crippen molar-refractivity contribution in [3.05, 3.63) is 42.2 Å². The number of aromatic nitrogens is 3. The lowest BCUT2D eigenvalue weighted by atomic mass is 10.3. The topological polar surface area (TPSA) is 70.9 Å². The normalized spacial score (nSPS) is 10.1. The summed E-state index contributed by atoms with van der Waals surface area (Å²) in [6.07, 6.45) is 4.80. The Labute approximate surface area is 93.2 Å². The maximum atomic E-state index is 9.58. The first-order valence-electron chi connectivity index (χ1n) is 4.90. The summed E-state index contributed by atoms with van der Waals surface area (Å²) in [6.45, 7) is 2.33. The number of hydrogen-bond acceptors (Lipinski definition) is 5. The van der Waals surface area contributed by atoms with Gasteiger partial charge in [-0.25, -0.2) is 9.97 Å². The number of nitrogens with zero attached hydrogens (tertiary/aromatic N) is 3. The summed E-state index contributed by atoms with van der Waals surface area (Å²) in [5.74, 6) is 0.190. The first kappa shape index (κ1) is 10.4. The fourth-order valence-electron chi connectivity index (χ4n) is 1.31. The van der Waals surface area contributed by atoms with E-state index in [4.69, 9.17) is 0 Å². The van der Waals surface area contributed by atoms with Gasteiger partial charge in [0.1, 0.15) is 17.8 Å². The minimum atomic E-state index is 0.190. The molecule has 2 heterocycles. The Morgan fingerprint density at radius 1 is 1.25 bits per heavy atom. The van der Waals surface area contributed by atoms with E-state index in [9.17, 15) is 5.11 Å². The largest absolute Gasteiger partial charge is 0.506 e. The van der Waals surface area contributed by atoms with Crippen molar-refractivity contribution in [1.29, 1.82) is 0 Å². The average Bonchev–Trinajstić information content (AvgIpc) is 2.32. The number of rotatable bonds is 3. The maximum Gasteiger partial charge on any atom is 0.138 e. The zero-order chi connectivity index (χ0) is 11.4. The van der Waals surface area contributed by atoms with Crippen molar-refractivity contribution < 1.29 is 5.11 Å². The second kappa shape index (κ2) is 4.57. The van der Waals surface area contributed by atoms with Crippen LogP contribution in [0.2, 0.25) is 0 Å². The third kappa shape index (κ3) is 2.44. The molecule has 0 aliphatic carbocycles. The highest BCUT2D eigenvalue weighted by Gasteiger charge is 2.02. The third-order valence-corrected chi connectivity index (χ3v) is 2.11. The van der Waals surface area contributed by atoms with Crippen LogP contribution in [0, 0.1) is 6.92 Å². The molecule has 0 unspecified atom stereocenters. The van der Waals surface area contributed by atoms with Gasteiger partial charge in [-0.3, -0.25) is 4.98 Å². The van der Waals surface area contributed by atoms with E-state index in [1.54, 1.807) is 24.5 Å². The Bertz CT molecular complexity index is 473. The predicted octanol–water partition coefficient (Wildman–Crippen LogP) is 1.50. The highest BCUT2D eigenvalue weighted by Crippen LogP contribution is 2.15. The van der Waals surface area contributed by atoms with Crippen molar-refractivity contribution in [3.63, 3.8) is 0 Å². The first-order valence-corrected chi connectivity index (χ1v) is 4.90. The second-order valence-electron chi connectivity index (χ2n) is 3.40. The molecule has 0 saturated carbocycles. The first-order chi connectivity index (χ1) is 7.75. The molecule has 82 valence electrons. The van der Waals surface area contributed by atoms with E-state index in [1.807, 2.05) is 6.92 Å². The summed E-state index contributed by atoms with van der Waals surface area (Å²) in [4.78, 5) is 12.0. The van der Waals surface area contributed by atoms with Gasteiger partial charge < -0.3 is 10.4 Å². The number of hydrogen-bond donors (Lipinski definition) is 2. The second-order valence-corrected chi connectivity index (χ2v) is 3.40. The van der Waals surface area contributed by atoms with E-state index in [2.05, 4.69) is 20.3 Å². The quantitative estimate of drug-likeness (QED) is 0.813. The van der Waals surface area contributed by atoms with Gasteiger partial charge in [0.2, 0.25) is 0 Å². The summed E-state index contributed by atoms with van der Waals surface area (Å²) in [5.41, 5.74) is 2.29. The van der Waals surface area contributed by atoms with Gasteiger partial charge in [0.15, 0.2) is 0 Å². The minimum absolute atomic E-state index is 0.190. The lowest BCUT2D eigenvalue weighted by Gasteiger charge is -2.07. The SMILES string of the molecule is Cc1ccc(O)c(CNc2cncnc2)n1. The molecule has 0 radical (unpaired) electrons. The molecule has 0 spiro atoms. The molecule has 0 fully saturated rings. The van der Waals surface area contributed by atoms with Crippen LogP contribution >= 0.6 is 0 Å². The molecule has 0 amide bonds. The Morgan fingerprint density at radius 3 is 2.75 bits per heavy atom. The van der Waals surface area contributed by atoms with Crippen molar-refractivity contribution in [2.75, 3.05) is 5.32 Å². The molecule has 0 aliphatic heterocycles. The summed E-state index contributed by atoms with van der Waals surface area (Å²) in [5, 5.41) is 12.7. The van der Waals surface area contributed by atoms with Crippen LogP contribution in [0.5, 0.6) is 5.75 Å². The van der Waals surface area contributed by atoms with Gasteiger partial charge in [-0.05, 0) is 19.1 Å². The number of aryl methyl sites for hydroxylation is 1. The molecular formula is C11H12N4O. The van der Waals surface area contributed by atoms with Crippen LogP contribution in [0.1, 0.15) is 11.4 Å². The highest BCUT2D eigenvalue weighted by molar-refractivity contribution is 5.39. The Kier molecular flexibility index (Phi) is 2.95. The molecule has 2 N–H and O–H groups in total. The van der Waals surface area contributed by atoms with Crippen LogP contribution in [0.3, 0.4) is 0 Å². The van der Waals surface area contributed by atoms with Crippen LogP contribution in [0.4, 0.5) is 5.69 Å². The van der Waals surface area contributed by atoms with Crippen molar-refractivity contribution in [1.82, 2.24) is 15.0 Å². The molecule has 2 aromatic heterocycles. The summed E-state index contributed by atoms with van der Waals surface area (Å²) in [7, 11) is 0. The molecule has 5 heteroatoms. The van der Waals surface area contributed by atoms with Gasteiger partial charge in [-0.1, -0.05) is 0 Å². The molecule has 0 saturated heterocycles. The van der Waals surface area contributed by atoms with Gasteiger partial charge in [-0.15, -0.1) is 0 Å². The lowest BCUT2D eigenvalue weighted by Crippen LogP contribution is -2.03. The fourth-order valence-corrected chi connectivity index (χ4v) is 1.31. The third-order valence-electron chi connectivity index (χ3n) is 2.11. The lowest BCUT2D eigenvalue weighted by molar-refractivity contribution is 0.464. The van der Waals surface area contributed by atoms with Gasteiger partial charge in [0, 0.05) is 5.69 Å². The van der Waals surface area contributed by atoms with E-state index in [0.29, 0.717) is 12.2 Å². The van der Waals surface area contributed by atoms with Crippen molar-refractivity contribution in [2.24, 2.45) is 0 Å². The summed E-state index contributed by atoms with van der Waals surface area (Å²) >= 11 is 0. The molecule has 0 aliphatic rings. The maximum absolute atomic E-state index is 9.58. The van der Waals surface area contributed by atoms with E-state index >= 15 is 0 Å². The Morgan fingerprint density at radius 2 is 2.00 bits per heavy atom. The zero-order valence-electron chi connectivity index (χ0n) is 8.88. The average molecular weight is 216 g/mol. The van der Waals surface area contributed by atoms with Crippen molar-refractivity contribution in [3.8, 4) is 5.75 Å². The fraction of sp³-hybridized carbons (Fsp3) is 0.182. The van der Waals surface area contributed by atoms with E-state index in [1.165, 1.54) is 6.33 Å². The van der Waals surface area contributed by atoms with Crippen molar-refractivity contribution in [2.45, 2.75) is 13.5 Å². The van der Waals surface area contributed by atoms with Crippen LogP contribution in [-0.4, -0.2) is 20.1 Å². The van der Waals surface area contributed by atoms with E-state index < -0.39 is 0 Å². The van der Waals surface area contributed by atoms with Gasteiger partial charge in [0.25, 0.3) is 0 Å². The van der Waals surface area contributed by atoms with Crippen LogP contribution in [-0.2, 0) is 6.54 Å². The zero-order valence-corrected chi connectivity index (χ0v) is 8.88. The van der Waals surface area contributed by atoms with Crippen LogP contribution < -0.4 is 5.32 Å². The molecule has 0 bridgehead atoms. The smallest absolute Gasteiger partial charge is 0.138 e. The predicted molar refractivity (Wildman–Crippen MR) is 60.0 cm³/mol.